The molecular weight excluding hydrogens is 447 g/mol. The molecule has 0 aromatic carbocycles. The minimum atomic E-state index is -0.0468. The number of aromatic nitrogens is 6. The van der Waals surface area contributed by atoms with E-state index in [1.54, 1.807) is 18.7 Å². The van der Waals surface area contributed by atoms with Gasteiger partial charge in [0.1, 0.15) is 5.52 Å². The summed E-state index contributed by atoms with van der Waals surface area (Å²) in [6.07, 6.45) is 8.41. The molecule has 1 fully saturated rings. The van der Waals surface area contributed by atoms with E-state index in [1.165, 1.54) is 11.3 Å². The van der Waals surface area contributed by atoms with E-state index in [2.05, 4.69) is 30.2 Å². The summed E-state index contributed by atoms with van der Waals surface area (Å²) in [5.74, 6) is 0.243. The van der Waals surface area contributed by atoms with Crippen molar-refractivity contribution in [3.05, 3.63) is 30.1 Å². The maximum absolute atomic E-state index is 12.7. The van der Waals surface area contributed by atoms with E-state index in [0.717, 1.165) is 35.9 Å². The van der Waals surface area contributed by atoms with Crippen LogP contribution in [0.25, 0.3) is 21.4 Å². The van der Waals surface area contributed by atoms with Gasteiger partial charge in [-0.3, -0.25) is 9.78 Å². The molecule has 3 N–H and O–H groups in total. The normalized spacial score (nSPS) is 19.0. The van der Waals surface area contributed by atoms with Crippen LogP contribution in [0.1, 0.15) is 31.7 Å². The molecule has 30 heavy (non-hydrogen) atoms. The second-order valence-electron chi connectivity index (χ2n) is 7.06. The van der Waals surface area contributed by atoms with E-state index in [0.29, 0.717) is 16.3 Å². The molecule has 1 amide bonds. The molecule has 0 bridgehead atoms. The van der Waals surface area contributed by atoms with Gasteiger partial charge in [0, 0.05) is 24.4 Å². The van der Waals surface area contributed by atoms with Crippen molar-refractivity contribution >= 4 is 73.6 Å². The van der Waals surface area contributed by atoms with Crippen LogP contribution in [0.5, 0.6) is 0 Å². The number of amides is 1. The fourth-order valence-corrected chi connectivity index (χ4v) is 4.84. The molecule has 0 aliphatic heterocycles. The first-order chi connectivity index (χ1) is 14.1. The van der Waals surface area contributed by atoms with Gasteiger partial charge in [-0.1, -0.05) is 11.3 Å². The number of pyridine rings is 1. The molecule has 156 valence electrons. The lowest BCUT2D eigenvalue weighted by Gasteiger charge is -2.28. The minimum Gasteiger partial charge on any atom is -0.382 e. The van der Waals surface area contributed by atoms with Crippen molar-refractivity contribution in [2.45, 2.75) is 31.7 Å². The van der Waals surface area contributed by atoms with E-state index in [-0.39, 0.29) is 41.4 Å². The van der Waals surface area contributed by atoms with Gasteiger partial charge in [-0.05, 0) is 43.4 Å². The number of anilines is 2. The van der Waals surface area contributed by atoms with E-state index >= 15 is 0 Å². The number of thiazole rings is 1. The summed E-state index contributed by atoms with van der Waals surface area (Å²) in [5, 5.41) is 3.68. The van der Waals surface area contributed by atoms with Crippen LogP contribution >= 0.6 is 35.3 Å². The predicted octanol–water partition coefficient (Wildman–Crippen LogP) is 3.86. The molecule has 5 rings (SSSR count). The molecule has 4 heterocycles. The highest BCUT2D eigenvalue weighted by molar-refractivity contribution is 7.22. The van der Waals surface area contributed by atoms with Gasteiger partial charge >= 0.3 is 0 Å². The van der Waals surface area contributed by atoms with Gasteiger partial charge in [0.2, 0.25) is 11.2 Å². The Morgan fingerprint density at radius 2 is 2.03 bits per heavy atom. The molecular formula is C18H18Cl2N8OS. The summed E-state index contributed by atoms with van der Waals surface area (Å²) in [5.41, 5.74) is 7.93. The van der Waals surface area contributed by atoms with Crippen LogP contribution in [-0.4, -0.2) is 35.4 Å². The Labute approximate surface area is 186 Å². The van der Waals surface area contributed by atoms with Crippen LogP contribution in [0.3, 0.4) is 0 Å². The lowest BCUT2D eigenvalue weighted by atomic mass is 9.85. The number of hydrogen-bond donors (Lipinski definition) is 2. The number of fused-ring (bicyclic) bond motifs is 2. The van der Waals surface area contributed by atoms with Gasteiger partial charge in [0.15, 0.2) is 16.6 Å². The summed E-state index contributed by atoms with van der Waals surface area (Å²) < 4.78 is 2.95. The van der Waals surface area contributed by atoms with Crippen molar-refractivity contribution in [1.29, 1.82) is 0 Å². The lowest BCUT2D eigenvalue weighted by molar-refractivity contribution is -0.120. The molecule has 1 aliphatic rings. The summed E-state index contributed by atoms with van der Waals surface area (Å²) in [7, 11) is 0. The van der Waals surface area contributed by atoms with E-state index in [4.69, 9.17) is 17.3 Å². The fourth-order valence-electron chi connectivity index (χ4n) is 3.84. The third kappa shape index (κ3) is 3.78. The molecule has 4 aromatic rings. The molecule has 0 saturated heterocycles. The number of carbonyl (C=O) groups excluding carboxylic acids is 1. The predicted molar refractivity (Wildman–Crippen MR) is 119 cm³/mol. The number of carbonyl (C=O) groups is 1. The number of nitrogens with one attached hydrogen (secondary N) is 1. The summed E-state index contributed by atoms with van der Waals surface area (Å²) in [6, 6.07) is 2.04. The SMILES string of the molecule is Cl.Nc1nc(Cl)nc2c1ncn2C1CCC(C(=O)Nc2nc3ccncc3s2)CC1. The minimum absolute atomic E-state index is 0. The maximum Gasteiger partial charge on any atom is 0.229 e. The zero-order chi connectivity index (χ0) is 20.0. The van der Waals surface area contributed by atoms with Crippen LogP contribution in [0.15, 0.2) is 24.8 Å². The van der Waals surface area contributed by atoms with Gasteiger partial charge in [0.25, 0.3) is 0 Å². The molecule has 0 radical (unpaired) electrons. The fraction of sp³-hybridized carbons (Fsp3) is 0.333. The van der Waals surface area contributed by atoms with E-state index < -0.39 is 0 Å². The number of imidazole rings is 1. The summed E-state index contributed by atoms with van der Waals surface area (Å²) in [6.45, 7) is 0. The number of rotatable bonds is 3. The van der Waals surface area contributed by atoms with Crippen molar-refractivity contribution in [2.75, 3.05) is 11.1 Å². The van der Waals surface area contributed by atoms with Gasteiger partial charge in [-0.25, -0.2) is 9.97 Å². The van der Waals surface area contributed by atoms with Crippen molar-refractivity contribution in [1.82, 2.24) is 29.5 Å². The van der Waals surface area contributed by atoms with Gasteiger partial charge < -0.3 is 15.6 Å². The maximum atomic E-state index is 12.7. The van der Waals surface area contributed by atoms with E-state index in [9.17, 15) is 4.79 Å². The Bertz CT molecular complexity index is 1180. The quantitative estimate of drug-likeness (QED) is 0.440. The molecule has 12 heteroatoms. The molecule has 0 spiro atoms. The van der Waals surface area contributed by atoms with E-state index in [1.807, 2.05) is 10.6 Å². The summed E-state index contributed by atoms with van der Waals surface area (Å²) in [4.78, 5) is 33.8. The standard InChI is InChI=1S/C18H17ClN8OS.ClH/c19-17-24-14(20)13-15(25-17)27(8-22-13)10-3-1-9(2-4-10)16(28)26-18-23-11-5-6-21-7-12(11)29-18;/h5-10H,1-4H2,(H2,20,24,25)(H,23,26,28);1H. The second-order valence-corrected chi connectivity index (χ2v) is 8.43. The topological polar surface area (TPSA) is 124 Å². The molecule has 9 nitrogen and oxygen atoms in total. The summed E-state index contributed by atoms with van der Waals surface area (Å²) >= 11 is 7.39. The zero-order valence-electron chi connectivity index (χ0n) is 15.7. The monoisotopic (exact) mass is 464 g/mol. The lowest BCUT2D eigenvalue weighted by Crippen LogP contribution is -2.28. The first-order valence-corrected chi connectivity index (χ1v) is 10.4. The van der Waals surface area contributed by atoms with Crippen molar-refractivity contribution in [2.24, 2.45) is 5.92 Å². The molecule has 0 unspecified atom stereocenters. The largest absolute Gasteiger partial charge is 0.382 e. The smallest absolute Gasteiger partial charge is 0.229 e. The molecule has 1 aliphatic carbocycles. The van der Waals surface area contributed by atoms with Crippen molar-refractivity contribution in [3.63, 3.8) is 0 Å². The third-order valence-electron chi connectivity index (χ3n) is 5.30. The zero-order valence-corrected chi connectivity index (χ0v) is 18.0. The Hall–Kier alpha value is -2.56. The Balaban J connectivity index is 0.00000218. The number of nitrogens with zero attached hydrogens (tertiary/aromatic N) is 6. The van der Waals surface area contributed by atoms with Crippen molar-refractivity contribution < 1.29 is 4.79 Å². The molecule has 0 atom stereocenters. The molecule has 4 aromatic heterocycles. The Kier molecular flexibility index (Phi) is 5.72. The number of nitrogen functional groups attached to an aromatic ring is 1. The van der Waals surface area contributed by atoms with Crippen LogP contribution in [0.4, 0.5) is 10.9 Å². The van der Waals surface area contributed by atoms with Gasteiger partial charge in [-0.2, -0.15) is 9.97 Å². The van der Waals surface area contributed by atoms with Crippen LogP contribution in [-0.2, 0) is 4.79 Å². The highest BCUT2D eigenvalue weighted by Crippen LogP contribution is 2.35. The second kappa shape index (κ2) is 8.29. The highest BCUT2D eigenvalue weighted by atomic mass is 35.5. The van der Waals surface area contributed by atoms with Gasteiger partial charge in [-0.15, -0.1) is 12.4 Å². The van der Waals surface area contributed by atoms with Crippen molar-refractivity contribution in [3.8, 4) is 0 Å². The van der Waals surface area contributed by atoms with Crippen LogP contribution < -0.4 is 11.1 Å². The highest BCUT2D eigenvalue weighted by Gasteiger charge is 2.29. The average molecular weight is 465 g/mol. The van der Waals surface area contributed by atoms with Crippen LogP contribution in [0, 0.1) is 5.92 Å². The number of halogens is 2. The molecule has 1 saturated carbocycles. The third-order valence-corrected chi connectivity index (χ3v) is 6.39. The first kappa shape index (κ1) is 20.7. The Morgan fingerprint density at radius 1 is 1.23 bits per heavy atom. The Morgan fingerprint density at radius 3 is 2.80 bits per heavy atom. The first-order valence-electron chi connectivity index (χ1n) is 9.25. The average Bonchev–Trinajstić information content (AvgIpc) is 3.31. The number of hydrogen-bond acceptors (Lipinski definition) is 8. The van der Waals surface area contributed by atoms with Gasteiger partial charge in [0.05, 0.1) is 16.5 Å². The van der Waals surface area contributed by atoms with Crippen LogP contribution in [0.2, 0.25) is 5.28 Å². The number of nitrogens with two attached hydrogens (primary N) is 1.